The third kappa shape index (κ3) is 4.02. The van der Waals surface area contributed by atoms with Crippen LogP contribution in [0.5, 0.6) is 0 Å². The molecule has 1 aromatic heterocycles. The fourth-order valence-corrected chi connectivity index (χ4v) is 4.56. The molecule has 0 radical (unpaired) electrons. The second kappa shape index (κ2) is 7.01. The van der Waals surface area contributed by atoms with Gasteiger partial charge in [0.2, 0.25) is 0 Å². The number of esters is 1. The van der Waals surface area contributed by atoms with Crippen molar-refractivity contribution in [2.75, 3.05) is 19.7 Å². The smallest absolute Gasteiger partial charge is 0.346 e. The van der Waals surface area contributed by atoms with Crippen LogP contribution in [0.3, 0.4) is 0 Å². The predicted octanol–water partition coefficient (Wildman–Crippen LogP) is 1.33. The Labute approximate surface area is 127 Å². The number of aryl methyl sites for hydroxylation is 1. The van der Waals surface area contributed by atoms with Gasteiger partial charge in [-0.25, -0.2) is 13.2 Å². The summed E-state index contributed by atoms with van der Waals surface area (Å²) in [5.41, 5.74) is 0.373. The van der Waals surface area contributed by atoms with Crippen LogP contribution >= 0.6 is 11.3 Å². The average molecular weight is 335 g/mol. The van der Waals surface area contributed by atoms with Crippen LogP contribution in [-0.2, 0) is 19.6 Å². The van der Waals surface area contributed by atoms with Gasteiger partial charge in [-0.2, -0.15) is 4.31 Å². The number of hydrogen-bond acceptors (Lipinski definition) is 6. The minimum atomic E-state index is -3.91. The third-order valence-corrected chi connectivity index (χ3v) is 6.24. The van der Waals surface area contributed by atoms with E-state index in [4.69, 9.17) is 9.84 Å². The highest BCUT2D eigenvalue weighted by Crippen LogP contribution is 2.28. The Bertz CT molecular complexity index is 634. The van der Waals surface area contributed by atoms with Crippen molar-refractivity contribution in [2.45, 2.75) is 25.0 Å². The molecule has 21 heavy (non-hydrogen) atoms. The van der Waals surface area contributed by atoms with Crippen molar-refractivity contribution >= 4 is 33.3 Å². The zero-order valence-electron chi connectivity index (χ0n) is 12.0. The van der Waals surface area contributed by atoms with Crippen molar-refractivity contribution in [1.29, 1.82) is 0 Å². The molecule has 1 aromatic rings. The topological polar surface area (TPSA) is 101 Å². The Hall–Kier alpha value is -1.45. The van der Waals surface area contributed by atoms with Crippen LogP contribution in [0.2, 0.25) is 0 Å². The number of carbonyl (C=O) groups excluding carboxylic acids is 1. The van der Waals surface area contributed by atoms with Crippen LogP contribution in [0.15, 0.2) is 10.3 Å². The SMILES string of the molecule is CCOC(=O)CN(CC)S(=O)(=O)c1cc(C)c(C(=O)O)s1. The number of hydrogen-bond donors (Lipinski definition) is 1. The molecule has 118 valence electrons. The molecule has 1 rings (SSSR count). The number of ether oxygens (including phenoxy) is 1. The van der Waals surface area contributed by atoms with Gasteiger partial charge in [-0.05, 0) is 25.5 Å². The van der Waals surface area contributed by atoms with Crippen LogP contribution in [0, 0.1) is 6.92 Å². The largest absolute Gasteiger partial charge is 0.477 e. The van der Waals surface area contributed by atoms with Crippen molar-refractivity contribution in [3.63, 3.8) is 0 Å². The Morgan fingerprint density at radius 3 is 2.43 bits per heavy atom. The Morgan fingerprint density at radius 1 is 1.38 bits per heavy atom. The molecule has 7 nitrogen and oxygen atoms in total. The first-order valence-corrected chi connectivity index (χ1v) is 8.49. The van der Waals surface area contributed by atoms with Gasteiger partial charge in [0.25, 0.3) is 10.0 Å². The van der Waals surface area contributed by atoms with Crippen molar-refractivity contribution < 1.29 is 27.9 Å². The predicted molar refractivity (Wildman–Crippen MR) is 77.1 cm³/mol. The van der Waals surface area contributed by atoms with Gasteiger partial charge < -0.3 is 9.84 Å². The van der Waals surface area contributed by atoms with E-state index >= 15 is 0 Å². The molecular weight excluding hydrogens is 318 g/mol. The summed E-state index contributed by atoms with van der Waals surface area (Å²) >= 11 is 0.677. The highest BCUT2D eigenvalue weighted by atomic mass is 32.2. The molecular formula is C12H17NO6S2. The van der Waals surface area contributed by atoms with Gasteiger partial charge in [-0.1, -0.05) is 6.92 Å². The number of aromatic carboxylic acids is 1. The van der Waals surface area contributed by atoms with Gasteiger partial charge >= 0.3 is 11.9 Å². The summed E-state index contributed by atoms with van der Waals surface area (Å²) < 4.78 is 30.5. The van der Waals surface area contributed by atoms with E-state index < -0.39 is 28.5 Å². The lowest BCUT2D eigenvalue weighted by atomic mass is 10.3. The number of carbonyl (C=O) groups is 2. The molecule has 0 saturated heterocycles. The first-order chi connectivity index (χ1) is 9.73. The van der Waals surface area contributed by atoms with E-state index in [1.165, 1.54) is 13.0 Å². The molecule has 0 amide bonds. The lowest BCUT2D eigenvalue weighted by Crippen LogP contribution is -2.36. The maximum atomic E-state index is 12.4. The van der Waals surface area contributed by atoms with E-state index in [9.17, 15) is 18.0 Å². The number of sulfonamides is 1. The molecule has 0 saturated carbocycles. The molecule has 0 atom stereocenters. The molecule has 0 spiro atoms. The van der Waals surface area contributed by atoms with Gasteiger partial charge in [0.15, 0.2) is 0 Å². The summed E-state index contributed by atoms with van der Waals surface area (Å²) in [4.78, 5) is 22.4. The number of likely N-dealkylation sites (N-methyl/N-ethyl adjacent to an activating group) is 1. The van der Waals surface area contributed by atoms with E-state index in [0.29, 0.717) is 16.9 Å². The van der Waals surface area contributed by atoms with Crippen molar-refractivity contribution in [2.24, 2.45) is 0 Å². The van der Waals surface area contributed by atoms with E-state index in [-0.39, 0.29) is 22.2 Å². The molecule has 0 bridgehead atoms. The van der Waals surface area contributed by atoms with Gasteiger partial charge in [0.1, 0.15) is 15.6 Å². The molecule has 0 aliphatic heterocycles. The van der Waals surface area contributed by atoms with Gasteiger partial charge in [0, 0.05) is 6.54 Å². The number of carboxylic acids is 1. The quantitative estimate of drug-likeness (QED) is 0.754. The number of rotatable bonds is 7. The summed E-state index contributed by atoms with van der Waals surface area (Å²) in [6.07, 6.45) is 0. The highest BCUT2D eigenvalue weighted by Gasteiger charge is 2.29. The fourth-order valence-electron chi connectivity index (χ4n) is 1.64. The van der Waals surface area contributed by atoms with E-state index in [0.717, 1.165) is 4.31 Å². The van der Waals surface area contributed by atoms with Crippen molar-refractivity contribution in [1.82, 2.24) is 4.31 Å². The number of thiophene rings is 1. The van der Waals surface area contributed by atoms with Crippen LogP contribution in [-0.4, -0.2) is 49.5 Å². The summed E-state index contributed by atoms with van der Waals surface area (Å²) in [5.74, 6) is -1.82. The van der Waals surface area contributed by atoms with Crippen LogP contribution in [0.1, 0.15) is 29.1 Å². The number of nitrogens with zero attached hydrogens (tertiary/aromatic N) is 1. The third-order valence-electron chi connectivity index (χ3n) is 2.65. The maximum absolute atomic E-state index is 12.4. The zero-order valence-corrected chi connectivity index (χ0v) is 13.6. The van der Waals surface area contributed by atoms with Crippen LogP contribution < -0.4 is 0 Å². The Morgan fingerprint density at radius 2 is 2.00 bits per heavy atom. The first-order valence-electron chi connectivity index (χ1n) is 6.23. The zero-order chi connectivity index (χ0) is 16.2. The molecule has 9 heteroatoms. The van der Waals surface area contributed by atoms with Gasteiger partial charge in [-0.3, -0.25) is 4.79 Å². The molecule has 0 unspecified atom stereocenters. The molecule has 1 N–H and O–H groups in total. The molecule has 0 aliphatic carbocycles. The first kappa shape index (κ1) is 17.6. The molecule has 1 heterocycles. The molecule has 0 aliphatic rings. The minimum Gasteiger partial charge on any atom is -0.477 e. The van der Waals surface area contributed by atoms with Gasteiger partial charge in [0.05, 0.1) is 6.61 Å². The van der Waals surface area contributed by atoms with Crippen LogP contribution in [0.4, 0.5) is 0 Å². The maximum Gasteiger partial charge on any atom is 0.346 e. The van der Waals surface area contributed by atoms with Crippen molar-refractivity contribution in [3.8, 4) is 0 Å². The Kier molecular flexibility index (Phi) is 5.87. The minimum absolute atomic E-state index is 0.0271. The second-order valence-corrected chi connectivity index (χ2v) is 7.34. The lowest BCUT2D eigenvalue weighted by molar-refractivity contribution is -0.143. The highest BCUT2D eigenvalue weighted by molar-refractivity contribution is 7.91. The summed E-state index contributed by atoms with van der Waals surface area (Å²) in [6.45, 7) is 4.60. The summed E-state index contributed by atoms with van der Waals surface area (Å²) in [7, 11) is -3.91. The average Bonchev–Trinajstić information content (AvgIpc) is 2.79. The molecule has 0 aromatic carbocycles. The van der Waals surface area contributed by atoms with Crippen molar-refractivity contribution in [3.05, 3.63) is 16.5 Å². The second-order valence-electron chi connectivity index (χ2n) is 4.12. The van der Waals surface area contributed by atoms with E-state index in [1.54, 1.807) is 13.8 Å². The fraction of sp³-hybridized carbons (Fsp3) is 0.500. The number of carboxylic acid groups (broad SMARTS) is 1. The Balaban J connectivity index is 3.10. The standard InChI is InChI=1S/C12H17NO6S2/c1-4-13(7-9(14)19-5-2)21(17,18)10-6-8(3)11(20-10)12(15)16/h6H,4-5,7H2,1-3H3,(H,15,16). The van der Waals surface area contributed by atoms with E-state index in [2.05, 4.69) is 0 Å². The normalized spacial score (nSPS) is 11.6. The summed E-state index contributed by atoms with van der Waals surface area (Å²) in [6, 6.07) is 1.30. The summed E-state index contributed by atoms with van der Waals surface area (Å²) in [5, 5.41) is 8.98. The van der Waals surface area contributed by atoms with E-state index in [1.807, 2.05) is 0 Å². The monoisotopic (exact) mass is 335 g/mol. The molecule has 0 fully saturated rings. The lowest BCUT2D eigenvalue weighted by Gasteiger charge is -2.18. The van der Waals surface area contributed by atoms with Gasteiger partial charge in [-0.15, -0.1) is 11.3 Å². The van der Waals surface area contributed by atoms with Crippen LogP contribution in [0.25, 0.3) is 0 Å².